The average molecular weight is 399 g/mol. The van der Waals surface area contributed by atoms with Crippen LogP contribution in [0.1, 0.15) is 29.7 Å². The predicted octanol–water partition coefficient (Wildman–Crippen LogP) is 2.95. The number of fused-ring (bicyclic) bond motifs is 1. The number of rotatable bonds is 8. The number of ether oxygens (including phenoxy) is 3. The Balaban J connectivity index is 1.96. The van der Waals surface area contributed by atoms with Gasteiger partial charge in [-0.1, -0.05) is 30.3 Å². The number of hydrogen-bond donors (Lipinski definition) is 1. The van der Waals surface area contributed by atoms with Crippen LogP contribution in [0.3, 0.4) is 0 Å². The van der Waals surface area contributed by atoms with Crippen molar-refractivity contribution in [1.29, 1.82) is 0 Å². The third-order valence-corrected chi connectivity index (χ3v) is 5.39. The average Bonchev–Trinajstić information content (AvgIpc) is 2.73. The highest BCUT2D eigenvalue weighted by molar-refractivity contribution is 5.77. The minimum absolute atomic E-state index is 0.0135. The summed E-state index contributed by atoms with van der Waals surface area (Å²) in [7, 11) is 4.83. The first kappa shape index (κ1) is 21.1. The Bertz CT molecular complexity index is 825. The van der Waals surface area contributed by atoms with Crippen molar-refractivity contribution < 1.29 is 19.0 Å². The molecule has 29 heavy (non-hydrogen) atoms. The Hall–Kier alpha value is -2.57. The maximum absolute atomic E-state index is 12.2. The molecule has 1 amide bonds. The van der Waals surface area contributed by atoms with Crippen LogP contribution >= 0.6 is 0 Å². The summed E-state index contributed by atoms with van der Waals surface area (Å²) in [6.07, 6.45) is 0.914. The van der Waals surface area contributed by atoms with E-state index < -0.39 is 0 Å². The Morgan fingerprint density at radius 2 is 1.83 bits per heavy atom. The molecule has 1 aliphatic heterocycles. The van der Waals surface area contributed by atoms with E-state index in [0.717, 1.165) is 30.8 Å². The number of methoxy groups -OCH3 is 3. The van der Waals surface area contributed by atoms with E-state index in [1.54, 1.807) is 14.2 Å². The van der Waals surface area contributed by atoms with Gasteiger partial charge in [0.15, 0.2) is 11.5 Å². The molecule has 1 heterocycles. The van der Waals surface area contributed by atoms with Gasteiger partial charge in [-0.15, -0.1) is 0 Å². The fourth-order valence-corrected chi connectivity index (χ4v) is 4.12. The van der Waals surface area contributed by atoms with Gasteiger partial charge in [0.2, 0.25) is 5.91 Å². The maximum atomic E-state index is 12.2. The van der Waals surface area contributed by atoms with Gasteiger partial charge in [0, 0.05) is 26.2 Å². The van der Waals surface area contributed by atoms with Crippen molar-refractivity contribution in [2.45, 2.75) is 32.0 Å². The van der Waals surface area contributed by atoms with E-state index in [1.807, 2.05) is 13.0 Å². The fourth-order valence-electron chi connectivity index (χ4n) is 4.12. The highest BCUT2D eigenvalue weighted by Gasteiger charge is 2.33. The standard InChI is InChI=1S/C23H30N2O4/c1-16(24-22(26)15-27-2)23-19-13-21(29-4)20(28-3)12-18(19)10-11-25(23)14-17-8-6-5-7-9-17/h5-9,12-13,16,23H,10-11,14-15H2,1-4H3,(H,24,26). The van der Waals surface area contributed by atoms with Crippen molar-refractivity contribution in [1.82, 2.24) is 10.2 Å². The number of carbonyl (C=O) groups excluding carboxylic acids is 1. The van der Waals surface area contributed by atoms with E-state index in [1.165, 1.54) is 18.2 Å². The maximum Gasteiger partial charge on any atom is 0.246 e. The SMILES string of the molecule is COCC(=O)NC(C)C1c2cc(OC)c(OC)cc2CCN1Cc1ccccc1. The summed E-state index contributed by atoms with van der Waals surface area (Å²) in [6, 6.07) is 14.4. The zero-order chi connectivity index (χ0) is 20.8. The van der Waals surface area contributed by atoms with E-state index in [2.05, 4.69) is 46.6 Å². The lowest BCUT2D eigenvalue weighted by Gasteiger charge is -2.41. The first-order valence-electron chi connectivity index (χ1n) is 9.88. The van der Waals surface area contributed by atoms with Crippen molar-refractivity contribution >= 4 is 5.91 Å². The highest BCUT2D eigenvalue weighted by Crippen LogP contribution is 2.40. The molecule has 1 aliphatic rings. The molecule has 0 aromatic heterocycles. The van der Waals surface area contributed by atoms with Crippen LogP contribution in [0.4, 0.5) is 0 Å². The van der Waals surface area contributed by atoms with Gasteiger partial charge in [-0.2, -0.15) is 0 Å². The Labute approximate surface area is 172 Å². The van der Waals surface area contributed by atoms with Gasteiger partial charge in [0.1, 0.15) is 6.61 Å². The summed E-state index contributed by atoms with van der Waals surface area (Å²) in [6.45, 7) is 3.80. The second kappa shape index (κ2) is 9.76. The molecule has 2 aromatic carbocycles. The summed E-state index contributed by atoms with van der Waals surface area (Å²) in [5, 5.41) is 3.10. The van der Waals surface area contributed by atoms with Gasteiger partial charge < -0.3 is 19.5 Å². The largest absolute Gasteiger partial charge is 0.493 e. The van der Waals surface area contributed by atoms with Crippen molar-refractivity contribution in [3.8, 4) is 11.5 Å². The molecule has 6 nitrogen and oxygen atoms in total. The second-order valence-corrected chi connectivity index (χ2v) is 7.35. The molecule has 0 spiro atoms. The zero-order valence-corrected chi connectivity index (χ0v) is 17.6. The number of carbonyl (C=O) groups is 1. The first-order valence-corrected chi connectivity index (χ1v) is 9.88. The van der Waals surface area contributed by atoms with Crippen LogP contribution in [0.5, 0.6) is 11.5 Å². The number of hydrogen-bond acceptors (Lipinski definition) is 5. The lowest BCUT2D eigenvalue weighted by atomic mass is 9.87. The molecule has 0 radical (unpaired) electrons. The molecular weight excluding hydrogens is 368 g/mol. The van der Waals surface area contributed by atoms with E-state index in [0.29, 0.717) is 5.75 Å². The summed E-state index contributed by atoms with van der Waals surface area (Å²) in [4.78, 5) is 14.6. The molecule has 1 N–H and O–H groups in total. The van der Waals surface area contributed by atoms with Gasteiger partial charge in [0.05, 0.1) is 20.3 Å². The van der Waals surface area contributed by atoms with E-state index >= 15 is 0 Å². The Morgan fingerprint density at radius 3 is 2.48 bits per heavy atom. The number of nitrogens with zero attached hydrogens (tertiary/aromatic N) is 1. The van der Waals surface area contributed by atoms with Crippen molar-refractivity contribution in [3.05, 3.63) is 59.2 Å². The van der Waals surface area contributed by atoms with Crippen LogP contribution in [0.2, 0.25) is 0 Å². The molecule has 0 bridgehead atoms. The molecule has 2 unspecified atom stereocenters. The molecule has 3 rings (SSSR count). The van der Waals surface area contributed by atoms with Crippen LogP contribution in [-0.4, -0.2) is 51.3 Å². The first-order chi connectivity index (χ1) is 14.1. The van der Waals surface area contributed by atoms with E-state index in [-0.39, 0.29) is 24.6 Å². The van der Waals surface area contributed by atoms with Gasteiger partial charge in [0.25, 0.3) is 0 Å². The van der Waals surface area contributed by atoms with Crippen LogP contribution < -0.4 is 14.8 Å². The molecule has 2 atom stereocenters. The third-order valence-electron chi connectivity index (χ3n) is 5.39. The van der Waals surface area contributed by atoms with Crippen molar-refractivity contribution in [2.24, 2.45) is 0 Å². The van der Waals surface area contributed by atoms with Crippen LogP contribution in [0.15, 0.2) is 42.5 Å². The predicted molar refractivity (Wildman–Crippen MR) is 112 cm³/mol. The van der Waals surface area contributed by atoms with Gasteiger partial charge in [-0.05, 0) is 42.2 Å². The van der Waals surface area contributed by atoms with E-state index in [4.69, 9.17) is 14.2 Å². The van der Waals surface area contributed by atoms with Gasteiger partial charge >= 0.3 is 0 Å². The van der Waals surface area contributed by atoms with E-state index in [9.17, 15) is 4.79 Å². The molecule has 2 aromatic rings. The molecule has 0 saturated heterocycles. The highest BCUT2D eigenvalue weighted by atomic mass is 16.5. The Kier molecular flexibility index (Phi) is 7.12. The quantitative estimate of drug-likeness (QED) is 0.741. The lowest BCUT2D eigenvalue weighted by Crippen LogP contribution is -2.48. The smallest absolute Gasteiger partial charge is 0.246 e. The number of amides is 1. The number of benzene rings is 2. The fraction of sp³-hybridized carbons (Fsp3) is 0.435. The summed E-state index contributed by atoms with van der Waals surface area (Å²) in [5.41, 5.74) is 3.64. The van der Waals surface area contributed by atoms with Crippen molar-refractivity contribution in [2.75, 3.05) is 34.5 Å². The van der Waals surface area contributed by atoms with Crippen LogP contribution in [0.25, 0.3) is 0 Å². The monoisotopic (exact) mass is 398 g/mol. The molecule has 156 valence electrons. The van der Waals surface area contributed by atoms with Crippen LogP contribution in [0, 0.1) is 0 Å². The second-order valence-electron chi connectivity index (χ2n) is 7.35. The van der Waals surface area contributed by atoms with Crippen LogP contribution in [-0.2, 0) is 22.5 Å². The summed E-state index contributed by atoms with van der Waals surface area (Å²) in [5.74, 6) is 1.32. The molecule has 6 heteroatoms. The molecule has 0 saturated carbocycles. The topological polar surface area (TPSA) is 60.0 Å². The summed E-state index contributed by atoms with van der Waals surface area (Å²) < 4.78 is 16.0. The van der Waals surface area contributed by atoms with Crippen molar-refractivity contribution in [3.63, 3.8) is 0 Å². The molecular formula is C23H30N2O4. The van der Waals surface area contributed by atoms with Gasteiger partial charge in [-0.25, -0.2) is 0 Å². The summed E-state index contributed by atoms with van der Waals surface area (Å²) >= 11 is 0. The minimum atomic E-state index is -0.118. The molecule has 0 aliphatic carbocycles. The lowest BCUT2D eigenvalue weighted by molar-refractivity contribution is -0.125. The molecule has 0 fully saturated rings. The Morgan fingerprint density at radius 1 is 1.14 bits per heavy atom. The number of nitrogens with one attached hydrogen (secondary N) is 1. The normalized spacial score (nSPS) is 17.3. The zero-order valence-electron chi connectivity index (χ0n) is 17.6. The minimum Gasteiger partial charge on any atom is -0.493 e. The third kappa shape index (κ3) is 4.89. The van der Waals surface area contributed by atoms with Gasteiger partial charge in [-0.3, -0.25) is 9.69 Å².